The number of hydrogen-bond acceptors (Lipinski definition) is 3. The van der Waals surface area contributed by atoms with Crippen molar-refractivity contribution in [3.8, 4) is 0 Å². The van der Waals surface area contributed by atoms with Crippen LogP contribution in [-0.4, -0.2) is 42.9 Å². The Balaban J connectivity index is 2.30. The van der Waals surface area contributed by atoms with Crippen LogP contribution >= 0.6 is 0 Å². The summed E-state index contributed by atoms with van der Waals surface area (Å²) in [4.78, 5) is 12.7. The lowest BCUT2D eigenvalue weighted by Crippen LogP contribution is -2.39. The highest BCUT2D eigenvalue weighted by Gasteiger charge is 2.22. The number of carbonyl (C=O) groups excluding carboxylic acids is 1. The van der Waals surface area contributed by atoms with Crippen molar-refractivity contribution < 1.29 is 14.6 Å². The molecule has 70 valence electrons. The monoisotopic (exact) mass is 173 g/mol. The Hall–Kier alpha value is -0.770. The van der Waals surface area contributed by atoms with E-state index in [-0.39, 0.29) is 12.7 Å². The van der Waals surface area contributed by atoms with E-state index in [2.05, 4.69) is 4.74 Å². The third-order valence-electron chi connectivity index (χ3n) is 2.31. The first-order valence-electron chi connectivity index (χ1n) is 4.21. The minimum atomic E-state index is -0.258. The Labute approximate surface area is 72.1 Å². The van der Waals surface area contributed by atoms with Gasteiger partial charge in [0.2, 0.25) is 0 Å². The molecule has 0 spiro atoms. The highest BCUT2D eigenvalue weighted by molar-refractivity contribution is 5.67. The fourth-order valence-corrected chi connectivity index (χ4v) is 1.43. The summed E-state index contributed by atoms with van der Waals surface area (Å²) in [6, 6.07) is 0. The SMILES string of the molecule is COC(=O)N1CCC(CO)CC1. The van der Waals surface area contributed by atoms with Gasteiger partial charge in [-0.25, -0.2) is 4.79 Å². The molecule has 0 aromatic rings. The first-order chi connectivity index (χ1) is 5.77. The third kappa shape index (κ3) is 2.11. The molecule has 12 heavy (non-hydrogen) atoms. The molecule has 0 aliphatic carbocycles. The highest BCUT2D eigenvalue weighted by Crippen LogP contribution is 2.16. The van der Waals surface area contributed by atoms with Gasteiger partial charge in [-0.3, -0.25) is 0 Å². The number of carbonyl (C=O) groups is 1. The number of methoxy groups -OCH3 is 1. The molecule has 0 radical (unpaired) electrons. The van der Waals surface area contributed by atoms with Crippen LogP contribution in [0.15, 0.2) is 0 Å². The van der Waals surface area contributed by atoms with Gasteiger partial charge in [-0.2, -0.15) is 0 Å². The summed E-state index contributed by atoms with van der Waals surface area (Å²) in [5.41, 5.74) is 0. The van der Waals surface area contributed by atoms with E-state index in [0.717, 1.165) is 12.8 Å². The van der Waals surface area contributed by atoms with Gasteiger partial charge in [0.1, 0.15) is 0 Å². The van der Waals surface area contributed by atoms with Gasteiger partial charge in [0.05, 0.1) is 7.11 Å². The number of nitrogens with zero attached hydrogens (tertiary/aromatic N) is 1. The fourth-order valence-electron chi connectivity index (χ4n) is 1.43. The molecule has 0 saturated carbocycles. The van der Waals surface area contributed by atoms with Gasteiger partial charge in [-0.15, -0.1) is 0 Å². The summed E-state index contributed by atoms with van der Waals surface area (Å²) in [6.45, 7) is 1.64. The molecule has 0 bridgehead atoms. The smallest absolute Gasteiger partial charge is 0.409 e. The van der Waals surface area contributed by atoms with E-state index >= 15 is 0 Å². The topological polar surface area (TPSA) is 49.8 Å². The van der Waals surface area contributed by atoms with Crippen LogP contribution in [0.1, 0.15) is 12.8 Å². The summed E-state index contributed by atoms with van der Waals surface area (Å²) in [5, 5.41) is 8.84. The molecule has 1 N–H and O–H groups in total. The number of hydrogen-bond donors (Lipinski definition) is 1. The van der Waals surface area contributed by atoms with Crippen LogP contribution in [0.25, 0.3) is 0 Å². The molecule has 1 aliphatic heterocycles. The standard InChI is InChI=1S/C8H15NO3/c1-12-8(11)9-4-2-7(6-10)3-5-9/h7,10H,2-6H2,1H3. The summed E-state index contributed by atoms with van der Waals surface area (Å²) in [6.07, 6.45) is 1.50. The summed E-state index contributed by atoms with van der Waals surface area (Å²) >= 11 is 0. The van der Waals surface area contributed by atoms with Gasteiger partial charge < -0.3 is 14.7 Å². The van der Waals surface area contributed by atoms with Crippen molar-refractivity contribution in [2.45, 2.75) is 12.8 Å². The van der Waals surface area contributed by atoms with Crippen LogP contribution in [0.2, 0.25) is 0 Å². The van der Waals surface area contributed by atoms with E-state index in [0.29, 0.717) is 19.0 Å². The normalized spacial score (nSPS) is 19.3. The average molecular weight is 173 g/mol. The summed E-state index contributed by atoms with van der Waals surface area (Å²) in [5.74, 6) is 0.367. The van der Waals surface area contributed by atoms with E-state index in [1.54, 1.807) is 4.90 Å². The van der Waals surface area contributed by atoms with Crippen LogP contribution in [0.5, 0.6) is 0 Å². The lowest BCUT2D eigenvalue weighted by atomic mass is 9.98. The zero-order chi connectivity index (χ0) is 8.97. The van der Waals surface area contributed by atoms with Gasteiger partial charge in [0.15, 0.2) is 0 Å². The molecule has 4 heteroatoms. The second-order valence-corrected chi connectivity index (χ2v) is 3.08. The predicted octanol–water partition coefficient (Wildman–Crippen LogP) is 0.457. The molecule has 1 saturated heterocycles. The molecule has 1 rings (SSSR count). The first-order valence-corrected chi connectivity index (χ1v) is 4.21. The lowest BCUT2D eigenvalue weighted by molar-refractivity contribution is 0.0934. The fraction of sp³-hybridized carbons (Fsp3) is 0.875. The van der Waals surface area contributed by atoms with Crippen LogP contribution in [-0.2, 0) is 4.74 Å². The van der Waals surface area contributed by atoms with Crippen LogP contribution in [0.4, 0.5) is 4.79 Å². The van der Waals surface area contributed by atoms with Crippen molar-refractivity contribution >= 4 is 6.09 Å². The van der Waals surface area contributed by atoms with E-state index in [4.69, 9.17) is 5.11 Å². The largest absolute Gasteiger partial charge is 0.453 e. The highest BCUT2D eigenvalue weighted by atomic mass is 16.5. The molecule has 4 nitrogen and oxygen atoms in total. The maximum Gasteiger partial charge on any atom is 0.409 e. The van der Waals surface area contributed by atoms with E-state index in [1.807, 2.05) is 0 Å². The number of rotatable bonds is 1. The van der Waals surface area contributed by atoms with Crippen molar-refractivity contribution in [1.29, 1.82) is 0 Å². The molecule has 0 atom stereocenters. The Morgan fingerprint density at radius 3 is 2.58 bits per heavy atom. The quantitative estimate of drug-likeness (QED) is 0.626. The summed E-state index contributed by atoms with van der Waals surface area (Å²) in [7, 11) is 1.39. The van der Waals surface area contributed by atoms with Gasteiger partial charge >= 0.3 is 6.09 Å². The number of piperidine rings is 1. The van der Waals surface area contributed by atoms with Gasteiger partial charge in [-0.05, 0) is 18.8 Å². The summed E-state index contributed by atoms with van der Waals surface area (Å²) < 4.78 is 4.58. The van der Waals surface area contributed by atoms with Gasteiger partial charge in [0.25, 0.3) is 0 Å². The molecule has 1 fully saturated rings. The van der Waals surface area contributed by atoms with Crippen LogP contribution in [0.3, 0.4) is 0 Å². The first kappa shape index (κ1) is 9.32. The number of ether oxygens (including phenoxy) is 1. The second kappa shape index (κ2) is 4.30. The van der Waals surface area contributed by atoms with Crippen LogP contribution in [0, 0.1) is 5.92 Å². The Morgan fingerprint density at radius 1 is 1.58 bits per heavy atom. The average Bonchev–Trinajstić information content (AvgIpc) is 2.17. The molecule has 1 heterocycles. The molecular formula is C8H15NO3. The van der Waals surface area contributed by atoms with Crippen molar-refractivity contribution in [2.75, 3.05) is 26.8 Å². The Kier molecular flexibility index (Phi) is 3.34. The number of aliphatic hydroxyl groups excluding tert-OH is 1. The van der Waals surface area contributed by atoms with E-state index in [9.17, 15) is 4.79 Å². The zero-order valence-corrected chi connectivity index (χ0v) is 7.32. The third-order valence-corrected chi connectivity index (χ3v) is 2.31. The molecule has 0 unspecified atom stereocenters. The van der Waals surface area contributed by atoms with Gasteiger partial charge in [0, 0.05) is 19.7 Å². The number of amides is 1. The maximum absolute atomic E-state index is 11.0. The minimum Gasteiger partial charge on any atom is -0.453 e. The molecule has 0 aromatic carbocycles. The van der Waals surface area contributed by atoms with Crippen molar-refractivity contribution in [3.63, 3.8) is 0 Å². The Bertz CT molecular complexity index is 152. The zero-order valence-electron chi connectivity index (χ0n) is 7.32. The van der Waals surface area contributed by atoms with Crippen molar-refractivity contribution in [2.24, 2.45) is 5.92 Å². The number of likely N-dealkylation sites (tertiary alicyclic amines) is 1. The Morgan fingerprint density at radius 2 is 2.17 bits per heavy atom. The number of aliphatic hydroxyl groups is 1. The molecule has 1 amide bonds. The lowest BCUT2D eigenvalue weighted by Gasteiger charge is -2.29. The second-order valence-electron chi connectivity index (χ2n) is 3.08. The maximum atomic E-state index is 11.0. The molecule has 1 aliphatic rings. The van der Waals surface area contributed by atoms with E-state index < -0.39 is 0 Å². The predicted molar refractivity (Wildman–Crippen MR) is 43.8 cm³/mol. The molecule has 0 aromatic heterocycles. The van der Waals surface area contributed by atoms with Crippen LogP contribution < -0.4 is 0 Å². The molecular weight excluding hydrogens is 158 g/mol. The van der Waals surface area contributed by atoms with E-state index in [1.165, 1.54) is 7.11 Å². The minimum absolute atomic E-state index is 0.231. The van der Waals surface area contributed by atoms with Crippen molar-refractivity contribution in [1.82, 2.24) is 4.90 Å². The van der Waals surface area contributed by atoms with Crippen molar-refractivity contribution in [3.05, 3.63) is 0 Å². The van der Waals surface area contributed by atoms with Gasteiger partial charge in [-0.1, -0.05) is 0 Å².